The van der Waals surface area contributed by atoms with Crippen LogP contribution in [0.2, 0.25) is 0 Å². The van der Waals surface area contributed by atoms with Crippen LogP contribution < -0.4 is 10.2 Å². The first-order valence-corrected chi connectivity index (χ1v) is 25.1. The minimum atomic E-state index is -4.60. The van der Waals surface area contributed by atoms with E-state index in [0.717, 1.165) is 77.0 Å². The van der Waals surface area contributed by atoms with Crippen LogP contribution in [0.15, 0.2) is 60.8 Å². The molecule has 0 radical (unpaired) electrons. The van der Waals surface area contributed by atoms with Crippen LogP contribution in [0.5, 0.6) is 0 Å². The zero-order valence-corrected chi connectivity index (χ0v) is 39.1. The number of carbonyl (C=O) groups excluding carboxylic acids is 1. The van der Waals surface area contributed by atoms with E-state index in [1.165, 1.54) is 96.3 Å². The Labute approximate surface area is 358 Å². The zero-order valence-electron chi connectivity index (χ0n) is 38.2. The number of aliphatic hydroxyl groups is 1. The first kappa shape index (κ1) is 56.2. The van der Waals surface area contributed by atoms with Gasteiger partial charge in [-0.1, -0.05) is 190 Å². The van der Waals surface area contributed by atoms with Crippen LogP contribution in [-0.4, -0.2) is 68.5 Å². The molecule has 3 atom stereocenters. The normalized spacial score (nSPS) is 14.8. The molecule has 1 amide bonds. The van der Waals surface area contributed by atoms with Gasteiger partial charge in [0.15, 0.2) is 0 Å². The summed E-state index contributed by atoms with van der Waals surface area (Å²) in [5.41, 5.74) is 0. The molecule has 0 bridgehead atoms. The average Bonchev–Trinajstić information content (AvgIpc) is 3.17. The highest BCUT2D eigenvalue weighted by Crippen LogP contribution is 2.38. The van der Waals surface area contributed by atoms with Gasteiger partial charge in [-0.2, -0.15) is 0 Å². The Morgan fingerprint density at radius 2 is 1.05 bits per heavy atom. The maximum absolute atomic E-state index is 12.9. The molecular weight excluding hydrogens is 744 g/mol. The summed E-state index contributed by atoms with van der Waals surface area (Å²) in [4.78, 5) is 25.3. The lowest BCUT2D eigenvalue weighted by atomic mass is 10.0. The van der Waals surface area contributed by atoms with Crippen LogP contribution >= 0.6 is 7.82 Å². The van der Waals surface area contributed by atoms with Crippen LogP contribution in [0.1, 0.15) is 194 Å². The van der Waals surface area contributed by atoms with Gasteiger partial charge in [0.1, 0.15) is 13.2 Å². The largest absolute Gasteiger partial charge is 0.756 e. The van der Waals surface area contributed by atoms with Crippen molar-refractivity contribution in [3.63, 3.8) is 0 Å². The van der Waals surface area contributed by atoms with E-state index < -0.39 is 20.0 Å². The number of rotatable bonds is 42. The molecule has 0 aromatic rings. The number of phosphoric ester groups is 1. The van der Waals surface area contributed by atoms with Crippen molar-refractivity contribution in [3.05, 3.63) is 60.8 Å². The molecule has 2 N–H and O–H groups in total. The van der Waals surface area contributed by atoms with E-state index in [2.05, 4.69) is 67.8 Å². The zero-order chi connectivity index (χ0) is 42.8. The summed E-state index contributed by atoms with van der Waals surface area (Å²) in [6.45, 7) is 4.52. The highest BCUT2D eigenvalue weighted by molar-refractivity contribution is 7.45. The molecule has 0 aliphatic carbocycles. The lowest BCUT2D eigenvalue weighted by Crippen LogP contribution is -2.45. The molecule has 0 aliphatic rings. The molecule has 0 aromatic heterocycles. The third-order valence-electron chi connectivity index (χ3n) is 10.2. The van der Waals surface area contributed by atoms with Crippen molar-refractivity contribution in [3.8, 4) is 0 Å². The fraction of sp³-hybridized carbons (Fsp3) is 0.776. The Kier molecular flexibility index (Phi) is 39.3. The summed E-state index contributed by atoms with van der Waals surface area (Å²) in [6, 6.07) is -0.896. The molecule has 0 spiro atoms. The van der Waals surface area contributed by atoms with Crippen molar-refractivity contribution < 1.29 is 32.9 Å². The number of aliphatic hydroxyl groups excluding tert-OH is 1. The van der Waals surface area contributed by atoms with Crippen molar-refractivity contribution in [1.82, 2.24) is 5.32 Å². The number of carbonyl (C=O) groups is 1. The molecule has 9 heteroatoms. The number of allylic oxidation sites excluding steroid dienone is 9. The van der Waals surface area contributed by atoms with Crippen molar-refractivity contribution in [2.24, 2.45) is 0 Å². The number of unbranched alkanes of at least 4 members (excludes halogenated alkanes) is 21. The predicted molar refractivity (Wildman–Crippen MR) is 247 cm³/mol. The van der Waals surface area contributed by atoms with E-state index >= 15 is 0 Å². The minimum Gasteiger partial charge on any atom is -0.756 e. The third-order valence-corrected chi connectivity index (χ3v) is 11.2. The summed E-state index contributed by atoms with van der Waals surface area (Å²) in [5.74, 6) is -0.213. The SMILES string of the molecule is CC/C=C\C/C=C\C/C=C\C/C=C\CCCCCCCCC(=O)NC(COP(=O)([O-])OCC[N+](C)(C)C)C(O)/C=C/CCCCCCCCCCCCCCCCC. The van der Waals surface area contributed by atoms with Crippen molar-refractivity contribution >= 4 is 13.7 Å². The van der Waals surface area contributed by atoms with Gasteiger partial charge in [0.2, 0.25) is 5.91 Å². The number of nitrogens with one attached hydrogen (secondary N) is 1. The highest BCUT2D eigenvalue weighted by atomic mass is 31.2. The van der Waals surface area contributed by atoms with Gasteiger partial charge in [0, 0.05) is 6.42 Å². The number of phosphoric acid groups is 1. The molecule has 0 saturated carbocycles. The summed E-state index contributed by atoms with van der Waals surface area (Å²) in [5, 5.41) is 13.8. The van der Waals surface area contributed by atoms with Crippen LogP contribution in [0.3, 0.4) is 0 Å². The van der Waals surface area contributed by atoms with E-state index in [0.29, 0.717) is 17.4 Å². The number of quaternary nitrogens is 1. The topological polar surface area (TPSA) is 108 Å². The number of hydrogen-bond acceptors (Lipinski definition) is 6. The first-order chi connectivity index (χ1) is 28.0. The van der Waals surface area contributed by atoms with Gasteiger partial charge in [-0.25, -0.2) is 0 Å². The monoisotopic (exact) mass is 835 g/mol. The summed E-state index contributed by atoms with van der Waals surface area (Å²) in [6.07, 6.45) is 52.6. The predicted octanol–water partition coefficient (Wildman–Crippen LogP) is 12.8. The van der Waals surface area contributed by atoms with E-state index in [-0.39, 0.29) is 19.1 Å². The standard InChI is InChI=1S/C49H91N2O6P/c1-6-8-10-12-14-16-18-20-22-24-25-27-29-31-33-35-37-39-41-43-49(53)50-47(46-57-58(54,55)56-45-44-51(3,4)5)48(52)42-40-38-36-34-32-30-28-26-23-21-19-17-15-13-11-9-7-2/h8,10,14,16,20,22,25,27,40,42,47-48,52H,6-7,9,11-13,15,17-19,21,23-24,26,28-39,41,43-46H2,1-5H3,(H-,50,53,54,55)/b10-8-,16-14-,22-20-,27-25-,42-40+. The molecule has 338 valence electrons. The van der Waals surface area contributed by atoms with Gasteiger partial charge in [-0.05, 0) is 57.8 Å². The van der Waals surface area contributed by atoms with Gasteiger partial charge in [0.05, 0.1) is 39.9 Å². The molecule has 3 unspecified atom stereocenters. The van der Waals surface area contributed by atoms with Gasteiger partial charge in [-0.3, -0.25) is 9.36 Å². The van der Waals surface area contributed by atoms with E-state index in [4.69, 9.17) is 9.05 Å². The van der Waals surface area contributed by atoms with Gasteiger partial charge in [-0.15, -0.1) is 0 Å². The molecule has 0 saturated heterocycles. The third kappa shape index (κ3) is 42.3. The number of nitrogens with zero attached hydrogens (tertiary/aromatic N) is 1. The molecule has 0 rings (SSSR count). The first-order valence-electron chi connectivity index (χ1n) is 23.7. The Hall–Kier alpha value is -1.80. The molecule has 0 fully saturated rings. The smallest absolute Gasteiger partial charge is 0.268 e. The Bertz CT molecular complexity index is 1130. The van der Waals surface area contributed by atoms with Crippen molar-refractivity contribution in [2.75, 3.05) is 40.9 Å². The Balaban J connectivity index is 4.42. The summed E-state index contributed by atoms with van der Waals surface area (Å²) in [7, 11) is 1.24. The summed E-state index contributed by atoms with van der Waals surface area (Å²) >= 11 is 0. The van der Waals surface area contributed by atoms with Gasteiger partial charge >= 0.3 is 0 Å². The molecule has 0 aliphatic heterocycles. The van der Waals surface area contributed by atoms with Crippen LogP contribution in [0, 0.1) is 0 Å². The molecule has 0 aromatic carbocycles. The lowest BCUT2D eigenvalue weighted by Gasteiger charge is -2.29. The van der Waals surface area contributed by atoms with Crippen LogP contribution in [-0.2, 0) is 18.4 Å². The second-order valence-electron chi connectivity index (χ2n) is 17.1. The number of likely N-dealkylation sites (N-methyl/N-ethyl adjacent to an activating group) is 1. The van der Waals surface area contributed by atoms with Gasteiger partial charge in [0.25, 0.3) is 7.82 Å². The second kappa shape index (κ2) is 40.6. The van der Waals surface area contributed by atoms with E-state index in [9.17, 15) is 19.4 Å². The fourth-order valence-electron chi connectivity index (χ4n) is 6.50. The van der Waals surface area contributed by atoms with Gasteiger partial charge < -0.3 is 28.8 Å². The van der Waals surface area contributed by atoms with Crippen LogP contribution in [0.4, 0.5) is 0 Å². The number of amides is 1. The highest BCUT2D eigenvalue weighted by Gasteiger charge is 2.23. The van der Waals surface area contributed by atoms with Crippen LogP contribution in [0.25, 0.3) is 0 Å². The Morgan fingerprint density at radius 1 is 0.621 bits per heavy atom. The lowest BCUT2D eigenvalue weighted by molar-refractivity contribution is -0.870. The van der Waals surface area contributed by atoms with Crippen molar-refractivity contribution in [1.29, 1.82) is 0 Å². The molecule has 0 heterocycles. The maximum Gasteiger partial charge on any atom is 0.268 e. The maximum atomic E-state index is 12.9. The molecule has 58 heavy (non-hydrogen) atoms. The van der Waals surface area contributed by atoms with E-state index in [1.54, 1.807) is 6.08 Å². The fourth-order valence-corrected chi connectivity index (χ4v) is 7.22. The average molecular weight is 835 g/mol. The molecule has 8 nitrogen and oxygen atoms in total. The Morgan fingerprint density at radius 3 is 1.53 bits per heavy atom. The van der Waals surface area contributed by atoms with Crippen molar-refractivity contribution in [2.45, 2.75) is 206 Å². The molecular formula is C49H91N2O6P. The second-order valence-corrected chi connectivity index (χ2v) is 18.5. The number of hydrogen-bond donors (Lipinski definition) is 2. The summed E-state index contributed by atoms with van der Waals surface area (Å²) < 4.78 is 23.2. The quantitative estimate of drug-likeness (QED) is 0.0274. The van der Waals surface area contributed by atoms with E-state index in [1.807, 2.05) is 27.2 Å². The minimum absolute atomic E-state index is 0.00650.